The molecule has 0 N–H and O–H groups in total. The van der Waals surface area contributed by atoms with Crippen LogP contribution in [-0.4, -0.2) is 4.57 Å². The van der Waals surface area contributed by atoms with Gasteiger partial charge >= 0.3 is 0 Å². The minimum Gasteiger partial charge on any atom is -0.310 e. The van der Waals surface area contributed by atoms with E-state index in [-0.39, 0.29) is 16.1 Å². The molecule has 0 bridgehead atoms. The topological polar surface area (TPSA) is 45.8 Å². The number of fused-ring (bicyclic) bond motifs is 1. The molecule has 0 saturated heterocycles. The summed E-state index contributed by atoms with van der Waals surface area (Å²) in [6, 6.07) is 7.45. The Kier molecular flexibility index (Phi) is 2.45. The Hall–Kier alpha value is -1.79. The molecule has 0 unspecified atom stereocenters. The average Bonchev–Trinajstić information content (AvgIpc) is 2.27. The SMILES string of the molecule is Cc1ccc2c(Cl)c(C#N)c(=O)n(C)c2c1. The molecule has 0 saturated carbocycles. The molecule has 2 aromatic rings. The van der Waals surface area contributed by atoms with Crippen LogP contribution < -0.4 is 5.56 Å². The van der Waals surface area contributed by atoms with Crippen molar-refractivity contribution >= 4 is 22.5 Å². The highest BCUT2D eigenvalue weighted by molar-refractivity contribution is 6.36. The predicted octanol–water partition coefficient (Wildman–Crippen LogP) is 2.37. The van der Waals surface area contributed by atoms with Crippen LogP contribution in [0.25, 0.3) is 10.9 Å². The molecular weight excluding hydrogens is 224 g/mol. The van der Waals surface area contributed by atoms with Crippen molar-refractivity contribution in [1.29, 1.82) is 5.26 Å². The summed E-state index contributed by atoms with van der Waals surface area (Å²) in [6.07, 6.45) is 0. The molecule has 0 aliphatic carbocycles. The molecule has 0 spiro atoms. The minimum absolute atomic E-state index is 0.000481. The summed E-state index contributed by atoms with van der Waals surface area (Å²) in [4.78, 5) is 11.8. The maximum Gasteiger partial charge on any atom is 0.270 e. The first-order valence-corrected chi connectivity index (χ1v) is 5.13. The maximum atomic E-state index is 11.8. The van der Waals surface area contributed by atoms with Crippen LogP contribution in [0.1, 0.15) is 11.1 Å². The Labute approximate surface area is 97.5 Å². The molecule has 2 rings (SSSR count). The van der Waals surface area contributed by atoms with Crippen LogP contribution in [0.5, 0.6) is 0 Å². The number of pyridine rings is 1. The zero-order chi connectivity index (χ0) is 11.9. The van der Waals surface area contributed by atoms with E-state index < -0.39 is 0 Å². The number of nitrogens with zero attached hydrogens (tertiary/aromatic N) is 2. The average molecular weight is 233 g/mol. The summed E-state index contributed by atoms with van der Waals surface area (Å²) in [5.74, 6) is 0. The number of hydrogen-bond donors (Lipinski definition) is 0. The lowest BCUT2D eigenvalue weighted by Gasteiger charge is -2.08. The number of aromatic nitrogens is 1. The van der Waals surface area contributed by atoms with Crippen LogP contribution in [0.15, 0.2) is 23.0 Å². The van der Waals surface area contributed by atoms with Gasteiger partial charge in [-0.1, -0.05) is 23.7 Å². The molecule has 3 nitrogen and oxygen atoms in total. The molecular formula is C12H9ClN2O. The van der Waals surface area contributed by atoms with Gasteiger partial charge in [0.05, 0.1) is 10.5 Å². The molecule has 0 aliphatic rings. The lowest BCUT2D eigenvalue weighted by Crippen LogP contribution is -2.20. The number of hydrogen-bond acceptors (Lipinski definition) is 2. The fourth-order valence-corrected chi connectivity index (χ4v) is 1.99. The molecule has 1 aromatic heterocycles. The Morgan fingerprint density at radius 2 is 2.12 bits per heavy atom. The van der Waals surface area contributed by atoms with Crippen LogP contribution in [-0.2, 0) is 7.05 Å². The van der Waals surface area contributed by atoms with Gasteiger partial charge in [-0.05, 0) is 18.6 Å². The summed E-state index contributed by atoms with van der Waals surface area (Å²) < 4.78 is 1.45. The van der Waals surface area contributed by atoms with Gasteiger partial charge in [0.15, 0.2) is 0 Å². The first-order chi connectivity index (χ1) is 7.56. The Morgan fingerprint density at radius 3 is 2.75 bits per heavy atom. The first-order valence-electron chi connectivity index (χ1n) is 4.75. The monoisotopic (exact) mass is 232 g/mol. The quantitative estimate of drug-likeness (QED) is 0.700. The Balaban J connectivity index is 3.09. The first kappa shape index (κ1) is 10.7. The number of nitriles is 1. The van der Waals surface area contributed by atoms with E-state index in [0.29, 0.717) is 0 Å². The van der Waals surface area contributed by atoms with Gasteiger partial charge in [-0.15, -0.1) is 0 Å². The zero-order valence-corrected chi connectivity index (χ0v) is 9.67. The van der Waals surface area contributed by atoms with Gasteiger partial charge in [-0.25, -0.2) is 0 Å². The molecule has 0 aliphatic heterocycles. The van der Waals surface area contributed by atoms with Crippen molar-refractivity contribution in [3.05, 3.63) is 44.7 Å². The van der Waals surface area contributed by atoms with E-state index in [9.17, 15) is 4.79 Å². The van der Waals surface area contributed by atoms with Crippen LogP contribution >= 0.6 is 11.6 Å². The lowest BCUT2D eigenvalue weighted by molar-refractivity contribution is 0.900. The second-order valence-corrected chi connectivity index (χ2v) is 4.06. The summed E-state index contributed by atoms with van der Waals surface area (Å²) in [5, 5.41) is 9.85. The van der Waals surface area contributed by atoms with Crippen molar-refractivity contribution in [3.63, 3.8) is 0 Å². The highest BCUT2D eigenvalue weighted by Gasteiger charge is 2.12. The van der Waals surface area contributed by atoms with Crippen LogP contribution in [0, 0.1) is 18.3 Å². The van der Waals surface area contributed by atoms with Gasteiger partial charge in [-0.2, -0.15) is 5.26 Å². The third kappa shape index (κ3) is 1.39. The smallest absolute Gasteiger partial charge is 0.270 e. The van der Waals surface area contributed by atoms with Crippen molar-refractivity contribution in [2.24, 2.45) is 7.05 Å². The second kappa shape index (κ2) is 3.66. The van der Waals surface area contributed by atoms with E-state index in [1.165, 1.54) is 4.57 Å². The summed E-state index contributed by atoms with van der Waals surface area (Å²) in [5.41, 5.74) is 1.43. The van der Waals surface area contributed by atoms with E-state index in [1.54, 1.807) is 7.05 Å². The summed E-state index contributed by atoms with van der Waals surface area (Å²) >= 11 is 6.04. The number of halogens is 1. The number of aryl methyl sites for hydroxylation is 2. The molecule has 1 heterocycles. The standard InChI is InChI=1S/C12H9ClN2O/c1-7-3-4-8-10(5-7)15(2)12(16)9(6-14)11(8)13/h3-5H,1-2H3. The third-order valence-electron chi connectivity index (χ3n) is 2.60. The normalized spacial score (nSPS) is 10.4. The summed E-state index contributed by atoms with van der Waals surface area (Å²) in [7, 11) is 1.64. The fraction of sp³-hybridized carbons (Fsp3) is 0.167. The molecule has 80 valence electrons. The van der Waals surface area contributed by atoms with Crippen molar-refractivity contribution in [2.75, 3.05) is 0 Å². The van der Waals surface area contributed by atoms with Gasteiger partial charge in [0.2, 0.25) is 0 Å². The molecule has 0 amide bonds. The van der Waals surface area contributed by atoms with E-state index in [4.69, 9.17) is 16.9 Å². The van der Waals surface area contributed by atoms with Crippen LogP contribution in [0.4, 0.5) is 0 Å². The largest absolute Gasteiger partial charge is 0.310 e. The summed E-state index contributed by atoms with van der Waals surface area (Å²) in [6.45, 7) is 1.94. The second-order valence-electron chi connectivity index (χ2n) is 3.69. The van der Waals surface area contributed by atoms with Crippen LogP contribution in [0.3, 0.4) is 0 Å². The van der Waals surface area contributed by atoms with Crippen molar-refractivity contribution in [2.45, 2.75) is 6.92 Å². The molecule has 0 atom stereocenters. The van der Waals surface area contributed by atoms with Gasteiger partial charge in [0, 0.05) is 12.4 Å². The molecule has 1 aromatic carbocycles. The molecule has 0 radical (unpaired) electrons. The predicted molar refractivity (Wildman–Crippen MR) is 63.7 cm³/mol. The highest BCUT2D eigenvalue weighted by atomic mass is 35.5. The Bertz CT molecular complexity index is 680. The third-order valence-corrected chi connectivity index (χ3v) is 2.99. The molecule has 16 heavy (non-hydrogen) atoms. The fourth-order valence-electron chi connectivity index (χ4n) is 1.71. The van der Waals surface area contributed by atoms with E-state index in [0.717, 1.165) is 16.5 Å². The van der Waals surface area contributed by atoms with Crippen molar-refractivity contribution in [3.8, 4) is 6.07 Å². The van der Waals surface area contributed by atoms with Gasteiger partial charge in [0.25, 0.3) is 5.56 Å². The highest BCUT2D eigenvalue weighted by Crippen LogP contribution is 2.24. The maximum absolute atomic E-state index is 11.8. The van der Waals surface area contributed by atoms with Crippen molar-refractivity contribution in [1.82, 2.24) is 4.57 Å². The van der Waals surface area contributed by atoms with E-state index in [1.807, 2.05) is 31.2 Å². The number of rotatable bonds is 0. The van der Waals surface area contributed by atoms with Gasteiger partial charge in [-0.3, -0.25) is 4.79 Å². The van der Waals surface area contributed by atoms with E-state index >= 15 is 0 Å². The Morgan fingerprint density at radius 1 is 1.44 bits per heavy atom. The zero-order valence-electron chi connectivity index (χ0n) is 8.91. The van der Waals surface area contributed by atoms with Gasteiger partial charge in [0.1, 0.15) is 11.6 Å². The molecule has 4 heteroatoms. The van der Waals surface area contributed by atoms with Crippen molar-refractivity contribution < 1.29 is 0 Å². The van der Waals surface area contributed by atoms with Crippen LogP contribution in [0.2, 0.25) is 5.02 Å². The van der Waals surface area contributed by atoms with E-state index in [2.05, 4.69) is 0 Å². The lowest BCUT2D eigenvalue weighted by atomic mass is 10.1. The molecule has 0 fully saturated rings. The van der Waals surface area contributed by atoms with Gasteiger partial charge < -0.3 is 4.57 Å². The minimum atomic E-state index is -0.356. The number of benzene rings is 1.